The minimum atomic E-state index is 0.259. The van der Waals surface area contributed by atoms with Crippen molar-refractivity contribution in [1.82, 2.24) is 0 Å². The highest BCUT2D eigenvalue weighted by atomic mass is 16.3. The molecule has 2 aliphatic rings. The highest BCUT2D eigenvalue weighted by Gasteiger charge is 2.38. The standard InChI is InChI=1S/C15H26O/c1-11-7-13(9-15(3)5-4-6-15)14(8-11)12(2)10-16/h11,13,16H,4-10H2,1-3H3/b14-12-/t11-,13+/m1/s1. The molecule has 0 spiro atoms. The maximum atomic E-state index is 9.31. The van der Waals surface area contributed by atoms with Gasteiger partial charge in [-0.15, -0.1) is 0 Å². The van der Waals surface area contributed by atoms with Crippen LogP contribution in [0.15, 0.2) is 11.1 Å². The zero-order valence-electron chi connectivity index (χ0n) is 11.1. The lowest BCUT2D eigenvalue weighted by molar-refractivity contribution is 0.124. The first-order valence-electron chi connectivity index (χ1n) is 6.83. The smallest absolute Gasteiger partial charge is 0.0641 e. The summed E-state index contributed by atoms with van der Waals surface area (Å²) >= 11 is 0. The Labute approximate surface area is 99.9 Å². The first-order valence-corrected chi connectivity index (χ1v) is 6.83. The van der Waals surface area contributed by atoms with E-state index in [2.05, 4.69) is 20.8 Å². The van der Waals surface area contributed by atoms with E-state index in [1.807, 2.05) is 0 Å². The highest BCUT2D eigenvalue weighted by Crippen LogP contribution is 2.50. The Morgan fingerprint density at radius 1 is 1.44 bits per heavy atom. The number of allylic oxidation sites excluding steroid dienone is 1. The predicted molar refractivity (Wildman–Crippen MR) is 68.2 cm³/mol. The molecule has 0 aliphatic heterocycles. The second kappa shape index (κ2) is 4.52. The second-order valence-electron chi connectivity index (χ2n) is 6.57. The average Bonchev–Trinajstić information content (AvgIpc) is 2.56. The summed E-state index contributed by atoms with van der Waals surface area (Å²) in [5.74, 6) is 1.60. The third kappa shape index (κ3) is 2.34. The van der Waals surface area contributed by atoms with E-state index in [9.17, 15) is 5.11 Å². The normalized spacial score (nSPS) is 36.0. The summed E-state index contributed by atoms with van der Waals surface area (Å²) in [6.07, 6.45) is 8.21. The Kier molecular flexibility index (Phi) is 3.44. The molecule has 2 fully saturated rings. The van der Waals surface area contributed by atoms with Crippen LogP contribution in [0.3, 0.4) is 0 Å². The summed E-state index contributed by atoms with van der Waals surface area (Å²) in [7, 11) is 0. The minimum absolute atomic E-state index is 0.259. The summed E-state index contributed by atoms with van der Waals surface area (Å²) in [5, 5.41) is 9.31. The number of aliphatic hydroxyl groups excluding tert-OH is 1. The Morgan fingerprint density at radius 3 is 2.62 bits per heavy atom. The largest absolute Gasteiger partial charge is 0.392 e. The van der Waals surface area contributed by atoms with Crippen LogP contribution in [0.25, 0.3) is 0 Å². The molecule has 0 saturated heterocycles. The van der Waals surface area contributed by atoms with Crippen LogP contribution in [0.1, 0.15) is 59.3 Å². The fourth-order valence-corrected chi connectivity index (χ4v) is 3.66. The number of hydrogen-bond donors (Lipinski definition) is 1. The molecule has 2 aliphatic carbocycles. The summed E-state index contributed by atoms with van der Waals surface area (Å²) in [4.78, 5) is 0. The summed E-state index contributed by atoms with van der Waals surface area (Å²) in [6, 6.07) is 0. The molecular formula is C15H26O. The lowest BCUT2D eigenvalue weighted by Crippen LogP contribution is -2.28. The molecule has 2 saturated carbocycles. The second-order valence-corrected chi connectivity index (χ2v) is 6.57. The molecular weight excluding hydrogens is 196 g/mol. The lowest BCUT2D eigenvalue weighted by Gasteiger charge is -2.41. The molecule has 2 atom stereocenters. The average molecular weight is 222 g/mol. The SMILES string of the molecule is C/C(CO)=C1\C[C@H](C)C[C@H]1CC1(C)CCC1. The maximum Gasteiger partial charge on any atom is 0.0641 e. The topological polar surface area (TPSA) is 20.2 Å². The molecule has 0 heterocycles. The molecule has 0 bridgehead atoms. The lowest BCUT2D eigenvalue weighted by atomic mass is 9.65. The van der Waals surface area contributed by atoms with E-state index in [1.165, 1.54) is 44.1 Å². The van der Waals surface area contributed by atoms with Crippen molar-refractivity contribution in [2.45, 2.75) is 59.3 Å². The zero-order valence-corrected chi connectivity index (χ0v) is 11.1. The molecule has 2 rings (SSSR count). The molecule has 92 valence electrons. The predicted octanol–water partition coefficient (Wildman–Crippen LogP) is 3.92. The Hall–Kier alpha value is -0.300. The number of hydrogen-bond acceptors (Lipinski definition) is 1. The maximum absolute atomic E-state index is 9.31. The Bertz CT molecular complexity index is 286. The Morgan fingerprint density at radius 2 is 2.12 bits per heavy atom. The van der Waals surface area contributed by atoms with Crippen LogP contribution in [0.4, 0.5) is 0 Å². The van der Waals surface area contributed by atoms with Gasteiger partial charge in [-0.1, -0.05) is 25.8 Å². The van der Waals surface area contributed by atoms with Gasteiger partial charge in [0.1, 0.15) is 0 Å². The number of rotatable bonds is 3. The summed E-state index contributed by atoms with van der Waals surface area (Å²) < 4.78 is 0. The van der Waals surface area contributed by atoms with Gasteiger partial charge in [-0.05, 0) is 61.9 Å². The van der Waals surface area contributed by atoms with Crippen molar-refractivity contribution in [1.29, 1.82) is 0 Å². The van der Waals surface area contributed by atoms with E-state index < -0.39 is 0 Å². The summed E-state index contributed by atoms with van der Waals surface area (Å²) in [6.45, 7) is 7.18. The Balaban J connectivity index is 2.07. The van der Waals surface area contributed by atoms with E-state index in [-0.39, 0.29) is 6.61 Å². The minimum Gasteiger partial charge on any atom is -0.392 e. The summed E-state index contributed by atoms with van der Waals surface area (Å²) in [5.41, 5.74) is 3.45. The van der Waals surface area contributed by atoms with Crippen molar-refractivity contribution < 1.29 is 5.11 Å². The van der Waals surface area contributed by atoms with Crippen molar-refractivity contribution in [3.63, 3.8) is 0 Å². The van der Waals surface area contributed by atoms with Gasteiger partial charge in [-0.25, -0.2) is 0 Å². The van der Waals surface area contributed by atoms with Crippen LogP contribution in [-0.4, -0.2) is 11.7 Å². The molecule has 0 aromatic heterocycles. The molecule has 0 radical (unpaired) electrons. The van der Waals surface area contributed by atoms with Crippen LogP contribution in [-0.2, 0) is 0 Å². The molecule has 0 unspecified atom stereocenters. The first kappa shape index (κ1) is 12.2. The molecule has 1 heteroatoms. The van der Waals surface area contributed by atoms with Crippen LogP contribution < -0.4 is 0 Å². The first-order chi connectivity index (χ1) is 7.54. The van der Waals surface area contributed by atoms with E-state index in [4.69, 9.17) is 0 Å². The molecule has 0 amide bonds. The van der Waals surface area contributed by atoms with Gasteiger partial charge >= 0.3 is 0 Å². The van der Waals surface area contributed by atoms with Gasteiger partial charge in [0, 0.05) is 0 Å². The van der Waals surface area contributed by atoms with E-state index in [1.54, 1.807) is 5.57 Å². The molecule has 0 aromatic carbocycles. The third-order valence-electron chi connectivity index (χ3n) is 4.83. The van der Waals surface area contributed by atoms with Crippen LogP contribution in [0, 0.1) is 17.3 Å². The molecule has 1 N–H and O–H groups in total. The molecule has 1 nitrogen and oxygen atoms in total. The van der Waals surface area contributed by atoms with Gasteiger partial charge in [-0.3, -0.25) is 0 Å². The fourth-order valence-electron chi connectivity index (χ4n) is 3.66. The van der Waals surface area contributed by atoms with Crippen molar-refractivity contribution in [3.8, 4) is 0 Å². The van der Waals surface area contributed by atoms with Crippen molar-refractivity contribution in [3.05, 3.63) is 11.1 Å². The molecule has 0 aromatic rings. The van der Waals surface area contributed by atoms with Crippen LogP contribution in [0.2, 0.25) is 0 Å². The quantitative estimate of drug-likeness (QED) is 0.718. The van der Waals surface area contributed by atoms with Gasteiger partial charge in [0.25, 0.3) is 0 Å². The fraction of sp³-hybridized carbons (Fsp3) is 0.867. The van der Waals surface area contributed by atoms with Gasteiger partial charge in [0.05, 0.1) is 6.61 Å². The molecule has 16 heavy (non-hydrogen) atoms. The monoisotopic (exact) mass is 222 g/mol. The third-order valence-corrected chi connectivity index (χ3v) is 4.83. The van der Waals surface area contributed by atoms with E-state index in [0.717, 1.165) is 11.8 Å². The highest BCUT2D eigenvalue weighted by molar-refractivity contribution is 5.20. The number of aliphatic hydroxyl groups is 1. The van der Waals surface area contributed by atoms with Crippen molar-refractivity contribution in [2.75, 3.05) is 6.61 Å². The van der Waals surface area contributed by atoms with E-state index in [0.29, 0.717) is 5.41 Å². The van der Waals surface area contributed by atoms with Gasteiger partial charge in [-0.2, -0.15) is 0 Å². The van der Waals surface area contributed by atoms with Crippen LogP contribution >= 0.6 is 0 Å². The van der Waals surface area contributed by atoms with Crippen LogP contribution in [0.5, 0.6) is 0 Å². The van der Waals surface area contributed by atoms with Gasteiger partial charge in [0.2, 0.25) is 0 Å². The van der Waals surface area contributed by atoms with Gasteiger partial charge in [0.15, 0.2) is 0 Å². The van der Waals surface area contributed by atoms with Crippen molar-refractivity contribution >= 4 is 0 Å². The van der Waals surface area contributed by atoms with Gasteiger partial charge < -0.3 is 5.11 Å². The zero-order chi connectivity index (χ0) is 11.8. The van der Waals surface area contributed by atoms with E-state index >= 15 is 0 Å². The van der Waals surface area contributed by atoms with Crippen molar-refractivity contribution in [2.24, 2.45) is 17.3 Å².